The lowest BCUT2D eigenvalue weighted by atomic mass is 9.92. The van der Waals surface area contributed by atoms with E-state index < -0.39 is 0 Å². The van der Waals surface area contributed by atoms with Gasteiger partial charge in [0.05, 0.1) is 12.6 Å². The predicted octanol–water partition coefficient (Wildman–Crippen LogP) is 2.67. The summed E-state index contributed by atoms with van der Waals surface area (Å²) in [6, 6.07) is 7.67. The molecule has 2 atom stereocenters. The first-order valence-corrected chi connectivity index (χ1v) is 8.24. The third kappa shape index (κ3) is 4.71. The van der Waals surface area contributed by atoms with Gasteiger partial charge in [0.2, 0.25) is 5.91 Å². The zero-order valence-electron chi connectivity index (χ0n) is 12.6. The van der Waals surface area contributed by atoms with Crippen LogP contribution in [0, 0.1) is 5.92 Å². The van der Waals surface area contributed by atoms with Crippen LogP contribution < -0.4 is 10.1 Å². The number of rotatable bonds is 5. The average molecular weight is 355 g/mol. The summed E-state index contributed by atoms with van der Waals surface area (Å²) in [7, 11) is 1.84. The Hall–Kier alpha value is -1.07. The Morgan fingerprint density at radius 1 is 1.43 bits per heavy atom. The number of carbonyl (C=O) groups is 1. The molecule has 1 aromatic carbocycles. The van der Waals surface area contributed by atoms with E-state index >= 15 is 0 Å². The first-order valence-electron chi connectivity index (χ1n) is 7.44. The minimum Gasteiger partial charge on any atom is -0.492 e. The standard InChI is InChI=1S/C16H23BrN2O2/c1-12-4-3-9-18-15(12)16(20)19(2)10-11-21-14-7-5-13(17)6-8-14/h5-8,12,15,18H,3-4,9-11H2,1-2H3. The summed E-state index contributed by atoms with van der Waals surface area (Å²) in [5.41, 5.74) is 0. The minimum absolute atomic E-state index is 0.0450. The lowest BCUT2D eigenvalue weighted by molar-refractivity contribution is -0.134. The fraction of sp³-hybridized carbons (Fsp3) is 0.562. The maximum absolute atomic E-state index is 12.4. The molecule has 2 unspecified atom stereocenters. The molecule has 1 aliphatic heterocycles. The maximum Gasteiger partial charge on any atom is 0.239 e. The Labute approximate surface area is 135 Å². The van der Waals surface area contributed by atoms with Crippen molar-refractivity contribution in [3.05, 3.63) is 28.7 Å². The van der Waals surface area contributed by atoms with Crippen molar-refractivity contribution in [3.8, 4) is 5.75 Å². The highest BCUT2D eigenvalue weighted by Gasteiger charge is 2.29. The van der Waals surface area contributed by atoms with Crippen LogP contribution >= 0.6 is 15.9 Å². The Morgan fingerprint density at radius 3 is 2.81 bits per heavy atom. The minimum atomic E-state index is -0.0450. The lowest BCUT2D eigenvalue weighted by Gasteiger charge is -2.32. The Kier molecular flexibility index (Phi) is 6.06. The number of piperidine rings is 1. The third-order valence-corrected chi connectivity index (χ3v) is 4.45. The molecular weight excluding hydrogens is 332 g/mol. The van der Waals surface area contributed by atoms with Crippen LogP contribution in [0.1, 0.15) is 19.8 Å². The Balaban J connectivity index is 1.77. The number of carbonyl (C=O) groups excluding carboxylic acids is 1. The second kappa shape index (κ2) is 7.80. The molecule has 0 radical (unpaired) electrons. The number of ether oxygens (including phenoxy) is 1. The summed E-state index contributed by atoms with van der Waals surface area (Å²) >= 11 is 3.39. The van der Waals surface area contributed by atoms with Crippen molar-refractivity contribution in [2.24, 2.45) is 5.92 Å². The van der Waals surface area contributed by atoms with Crippen molar-refractivity contribution >= 4 is 21.8 Å². The molecule has 1 heterocycles. The van der Waals surface area contributed by atoms with Crippen molar-refractivity contribution in [2.45, 2.75) is 25.8 Å². The van der Waals surface area contributed by atoms with E-state index in [9.17, 15) is 4.79 Å². The van der Waals surface area contributed by atoms with E-state index in [2.05, 4.69) is 28.2 Å². The highest BCUT2D eigenvalue weighted by Crippen LogP contribution is 2.18. The van der Waals surface area contributed by atoms with E-state index in [1.54, 1.807) is 4.90 Å². The van der Waals surface area contributed by atoms with Gasteiger partial charge in [-0.15, -0.1) is 0 Å². The number of nitrogens with one attached hydrogen (secondary N) is 1. The quantitative estimate of drug-likeness (QED) is 0.883. The summed E-state index contributed by atoms with van der Waals surface area (Å²) in [5.74, 6) is 1.39. The summed E-state index contributed by atoms with van der Waals surface area (Å²) in [5, 5.41) is 3.33. The zero-order chi connectivity index (χ0) is 15.2. The van der Waals surface area contributed by atoms with Gasteiger partial charge < -0.3 is 15.0 Å². The molecule has 1 aliphatic rings. The van der Waals surface area contributed by atoms with Crippen LogP contribution in [-0.2, 0) is 4.79 Å². The summed E-state index contributed by atoms with van der Waals surface area (Å²) in [6.07, 6.45) is 2.27. The molecule has 1 fully saturated rings. The molecule has 0 spiro atoms. The molecule has 21 heavy (non-hydrogen) atoms. The number of hydrogen-bond acceptors (Lipinski definition) is 3. The Bertz CT molecular complexity index is 464. The second-order valence-corrected chi connectivity index (χ2v) is 6.53. The zero-order valence-corrected chi connectivity index (χ0v) is 14.2. The van der Waals surface area contributed by atoms with Crippen molar-refractivity contribution in [1.29, 1.82) is 0 Å². The van der Waals surface area contributed by atoms with Crippen LogP contribution in [0.5, 0.6) is 5.75 Å². The monoisotopic (exact) mass is 354 g/mol. The largest absolute Gasteiger partial charge is 0.492 e. The van der Waals surface area contributed by atoms with Gasteiger partial charge in [-0.05, 0) is 49.6 Å². The third-order valence-electron chi connectivity index (χ3n) is 3.92. The van der Waals surface area contributed by atoms with Crippen LogP contribution in [0.15, 0.2) is 28.7 Å². The molecule has 2 rings (SSSR count). The van der Waals surface area contributed by atoms with Crippen molar-refractivity contribution in [3.63, 3.8) is 0 Å². The van der Waals surface area contributed by atoms with Gasteiger partial charge in [0.1, 0.15) is 12.4 Å². The second-order valence-electron chi connectivity index (χ2n) is 5.61. The van der Waals surface area contributed by atoms with E-state index in [0.29, 0.717) is 19.1 Å². The van der Waals surface area contributed by atoms with Gasteiger partial charge in [-0.25, -0.2) is 0 Å². The van der Waals surface area contributed by atoms with Gasteiger partial charge >= 0.3 is 0 Å². The van der Waals surface area contributed by atoms with Crippen LogP contribution in [0.3, 0.4) is 0 Å². The van der Waals surface area contributed by atoms with E-state index in [-0.39, 0.29) is 11.9 Å². The van der Waals surface area contributed by atoms with Gasteiger partial charge in [-0.3, -0.25) is 4.79 Å². The molecule has 4 nitrogen and oxygen atoms in total. The van der Waals surface area contributed by atoms with E-state index in [1.807, 2.05) is 31.3 Å². The van der Waals surface area contributed by atoms with Gasteiger partial charge in [-0.2, -0.15) is 0 Å². The van der Waals surface area contributed by atoms with Crippen LogP contribution in [0.4, 0.5) is 0 Å². The predicted molar refractivity (Wildman–Crippen MR) is 87.5 cm³/mol. The lowest BCUT2D eigenvalue weighted by Crippen LogP contribution is -2.51. The van der Waals surface area contributed by atoms with Crippen molar-refractivity contribution in [2.75, 3.05) is 26.7 Å². The number of hydrogen-bond donors (Lipinski definition) is 1. The summed E-state index contributed by atoms with van der Waals surface area (Å²) in [4.78, 5) is 14.2. The van der Waals surface area contributed by atoms with Crippen molar-refractivity contribution in [1.82, 2.24) is 10.2 Å². The topological polar surface area (TPSA) is 41.6 Å². The highest BCUT2D eigenvalue weighted by atomic mass is 79.9. The smallest absolute Gasteiger partial charge is 0.239 e. The van der Waals surface area contributed by atoms with Crippen LogP contribution in [-0.4, -0.2) is 43.6 Å². The fourth-order valence-corrected chi connectivity index (χ4v) is 2.82. The van der Waals surface area contributed by atoms with Gasteiger partial charge in [-0.1, -0.05) is 22.9 Å². The normalized spacial score (nSPS) is 21.9. The number of likely N-dealkylation sites (N-methyl/N-ethyl adjacent to an activating group) is 1. The number of benzene rings is 1. The molecule has 0 aliphatic carbocycles. The van der Waals surface area contributed by atoms with E-state index in [1.165, 1.54) is 0 Å². The number of nitrogens with zero attached hydrogens (tertiary/aromatic N) is 1. The van der Waals surface area contributed by atoms with Gasteiger partial charge in [0.15, 0.2) is 0 Å². The maximum atomic E-state index is 12.4. The van der Waals surface area contributed by atoms with Crippen LogP contribution in [0.2, 0.25) is 0 Å². The molecule has 0 saturated carbocycles. The molecule has 116 valence electrons. The van der Waals surface area contributed by atoms with Gasteiger partial charge in [0.25, 0.3) is 0 Å². The molecule has 0 aromatic heterocycles. The first kappa shape index (κ1) is 16.3. The van der Waals surface area contributed by atoms with E-state index in [4.69, 9.17) is 4.74 Å². The van der Waals surface area contributed by atoms with Crippen LogP contribution in [0.25, 0.3) is 0 Å². The molecule has 1 N–H and O–H groups in total. The SMILES string of the molecule is CC1CCCNC1C(=O)N(C)CCOc1ccc(Br)cc1. The van der Waals surface area contributed by atoms with Gasteiger partial charge in [0, 0.05) is 11.5 Å². The molecule has 1 amide bonds. The Morgan fingerprint density at radius 2 is 2.14 bits per heavy atom. The average Bonchev–Trinajstić information content (AvgIpc) is 2.49. The summed E-state index contributed by atoms with van der Waals surface area (Å²) < 4.78 is 6.69. The highest BCUT2D eigenvalue weighted by molar-refractivity contribution is 9.10. The molecule has 1 aromatic rings. The first-order chi connectivity index (χ1) is 10.1. The van der Waals surface area contributed by atoms with Crippen molar-refractivity contribution < 1.29 is 9.53 Å². The van der Waals surface area contributed by atoms with E-state index in [0.717, 1.165) is 29.6 Å². The fourth-order valence-electron chi connectivity index (χ4n) is 2.56. The molecule has 1 saturated heterocycles. The number of amides is 1. The molecule has 5 heteroatoms. The molecule has 0 bridgehead atoms. The molecular formula is C16H23BrN2O2. The summed E-state index contributed by atoms with van der Waals surface area (Å²) in [6.45, 7) is 4.18. The number of halogens is 1.